The summed E-state index contributed by atoms with van der Waals surface area (Å²) in [4.78, 5) is 11.3. The molecule has 0 bridgehead atoms. The van der Waals surface area contributed by atoms with E-state index < -0.39 is 12.1 Å². The first kappa shape index (κ1) is 21.9. The third-order valence-electron chi connectivity index (χ3n) is 4.20. The third kappa shape index (κ3) is 5.82. The van der Waals surface area contributed by atoms with Gasteiger partial charge in [0.25, 0.3) is 0 Å². The SMILES string of the molecule is COc1ccc(CN2CC(OCCO)C2)c2ccccc12.O=C(O)C(F)(F)F. The predicted molar refractivity (Wildman–Crippen MR) is 96.3 cm³/mol. The van der Waals surface area contributed by atoms with E-state index in [0.29, 0.717) is 6.61 Å². The number of hydrogen-bond donors (Lipinski definition) is 2. The van der Waals surface area contributed by atoms with Crippen LogP contribution in [0.4, 0.5) is 13.2 Å². The Morgan fingerprint density at radius 2 is 1.79 bits per heavy atom. The highest BCUT2D eigenvalue weighted by atomic mass is 19.4. The van der Waals surface area contributed by atoms with E-state index in [-0.39, 0.29) is 12.7 Å². The topological polar surface area (TPSA) is 79.2 Å². The zero-order valence-electron chi connectivity index (χ0n) is 15.3. The van der Waals surface area contributed by atoms with E-state index in [1.165, 1.54) is 10.9 Å². The Balaban J connectivity index is 0.000000345. The second kappa shape index (κ2) is 9.72. The molecule has 154 valence electrons. The van der Waals surface area contributed by atoms with E-state index in [1.54, 1.807) is 7.11 Å². The zero-order chi connectivity index (χ0) is 20.7. The van der Waals surface area contributed by atoms with Crippen molar-refractivity contribution in [3.05, 3.63) is 42.0 Å². The molecule has 0 aliphatic carbocycles. The molecular formula is C19H22F3NO5. The molecule has 0 saturated carbocycles. The maximum absolute atomic E-state index is 10.6. The van der Waals surface area contributed by atoms with Gasteiger partial charge in [-0.15, -0.1) is 0 Å². The Morgan fingerprint density at radius 3 is 2.32 bits per heavy atom. The zero-order valence-corrected chi connectivity index (χ0v) is 15.3. The summed E-state index contributed by atoms with van der Waals surface area (Å²) in [6.07, 6.45) is -4.82. The normalized spacial score (nSPS) is 14.9. The number of alkyl halides is 3. The second-order valence-corrected chi connectivity index (χ2v) is 6.19. The third-order valence-corrected chi connectivity index (χ3v) is 4.20. The standard InChI is InChI=1S/C17H21NO3.C2HF3O2/c1-20-17-7-6-13(15-4-2-3-5-16(15)17)10-18-11-14(12-18)21-9-8-19;3-2(4,5)1(6)7/h2-7,14,19H,8-12H2,1H3;(H,6,7). The maximum Gasteiger partial charge on any atom is 0.490 e. The summed E-state index contributed by atoms with van der Waals surface area (Å²) in [5, 5.41) is 18.3. The van der Waals surface area contributed by atoms with Crippen LogP contribution in [0.25, 0.3) is 10.8 Å². The lowest BCUT2D eigenvalue weighted by Crippen LogP contribution is -2.51. The molecule has 2 aromatic carbocycles. The molecule has 0 unspecified atom stereocenters. The summed E-state index contributed by atoms with van der Waals surface area (Å²) in [6.45, 7) is 3.31. The van der Waals surface area contributed by atoms with Gasteiger partial charge in [-0.1, -0.05) is 30.3 Å². The molecule has 1 aliphatic heterocycles. The molecule has 1 aliphatic rings. The molecule has 0 amide bonds. The minimum absolute atomic E-state index is 0.0968. The molecule has 1 fully saturated rings. The van der Waals surface area contributed by atoms with Crippen LogP contribution < -0.4 is 4.74 Å². The summed E-state index contributed by atoms with van der Waals surface area (Å²) in [5.41, 5.74) is 1.31. The highest BCUT2D eigenvalue weighted by Gasteiger charge is 2.38. The number of aliphatic carboxylic acids is 1. The molecule has 28 heavy (non-hydrogen) atoms. The van der Waals surface area contributed by atoms with Gasteiger partial charge >= 0.3 is 12.1 Å². The van der Waals surface area contributed by atoms with Gasteiger partial charge in [0, 0.05) is 25.0 Å². The number of carbonyl (C=O) groups is 1. The molecule has 0 aromatic heterocycles. The van der Waals surface area contributed by atoms with Crippen molar-refractivity contribution in [3.63, 3.8) is 0 Å². The fourth-order valence-corrected chi connectivity index (χ4v) is 2.87. The largest absolute Gasteiger partial charge is 0.496 e. The molecule has 1 saturated heterocycles. The smallest absolute Gasteiger partial charge is 0.490 e. The summed E-state index contributed by atoms with van der Waals surface area (Å²) < 4.78 is 42.7. The van der Waals surface area contributed by atoms with Crippen LogP contribution in [0.15, 0.2) is 36.4 Å². The molecule has 9 heteroatoms. The lowest BCUT2D eigenvalue weighted by molar-refractivity contribution is -0.192. The van der Waals surface area contributed by atoms with Crippen molar-refractivity contribution < 1.29 is 37.7 Å². The molecule has 1 heterocycles. The van der Waals surface area contributed by atoms with Crippen molar-refractivity contribution in [1.82, 2.24) is 4.90 Å². The summed E-state index contributed by atoms with van der Waals surface area (Å²) in [7, 11) is 1.71. The van der Waals surface area contributed by atoms with Gasteiger partial charge in [0.1, 0.15) is 5.75 Å². The summed E-state index contributed by atoms with van der Waals surface area (Å²) in [6, 6.07) is 12.5. The number of nitrogens with zero attached hydrogens (tertiary/aromatic N) is 1. The van der Waals surface area contributed by atoms with Crippen LogP contribution in [0.1, 0.15) is 5.56 Å². The van der Waals surface area contributed by atoms with Gasteiger partial charge in [0.15, 0.2) is 0 Å². The van der Waals surface area contributed by atoms with E-state index in [0.717, 1.165) is 30.8 Å². The van der Waals surface area contributed by atoms with Crippen LogP contribution in [-0.2, 0) is 16.1 Å². The van der Waals surface area contributed by atoms with Crippen molar-refractivity contribution in [2.24, 2.45) is 0 Å². The Bertz CT molecular complexity index is 791. The minimum atomic E-state index is -5.08. The van der Waals surface area contributed by atoms with Crippen LogP contribution in [0.5, 0.6) is 5.75 Å². The van der Waals surface area contributed by atoms with Crippen molar-refractivity contribution in [2.45, 2.75) is 18.8 Å². The number of aliphatic hydroxyl groups is 1. The lowest BCUT2D eigenvalue weighted by atomic mass is 10.0. The number of methoxy groups -OCH3 is 1. The van der Waals surface area contributed by atoms with Crippen molar-refractivity contribution in [2.75, 3.05) is 33.4 Å². The Labute approximate surface area is 160 Å². The highest BCUT2D eigenvalue weighted by molar-refractivity contribution is 5.91. The lowest BCUT2D eigenvalue weighted by Gasteiger charge is -2.39. The molecule has 2 N–H and O–H groups in total. The first-order chi connectivity index (χ1) is 13.3. The van der Waals surface area contributed by atoms with Crippen molar-refractivity contribution >= 4 is 16.7 Å². The van der Waals surface area contributed by atoms with E-state index in [2.05, 4.69) is 29.2 Å². The van der Waals surface area contributed by atoms with E-state index in [1.807, 2.05) is 12.1 Å². The van der Waals surface area contributed by atoms with Gasteiger partial charge in [0.2, 0.25) is 0 Å². The van der Waals surface area contributed by atoms with Crippen LogP contribution in [0.3, 0.4) is 0 Å². The molecular weight excluding hydrogens is 379 g/mol. The first-order valence-corrected chi connectivity index (χ1v) is 8.55. The van der Waals surface area contributed by atoms with E-state index >= 15 is 0 Å². The number of likely N-dealkylation sites (tertiary alicyclic amines) is 1. The van der Waals surface area contributed by atoms with E-state index in [9.17, 15) is 13.2 Å². The Morgan fingerprint density at radius 1 is 1.18 bits per heavy atom. The number of aliphatic hydroxyl groups excluding tert-OH is 1. The van der Waals surface area contributed by atoms with Crippen molar-refractivity contribution in [3.8, 4) is 5.75 Å². The number of fused-ring (bicyclic) bond motifs is 1. The molecule has 2 aromatic rings. The summed E-state index contributed by atoms with van der Waals surface area (Å²) in [5.74, 6) is -1.84. The monoisotopic (exact) mass is 401 g/mol. The number of halogens is 3. The fourth-order valence-electron chi connectivity index (χ4n) is 2.87. The van der Waals surface area contributed by atoms with E-state index in [4.69, 9.17) is 24.5 Å². The first-order valence-electron chi connectivity index (χ1n) is 8.55. The number of rotatable bonds is 6. The van der Waals surface area contributed by atoms with Gasteiger partial charge in [-0.3, -0.25) is 4.90 Å². The minimum Gasteiger partial charge on any atom is -0.496 e. The van der Waals surface area contributed by atoms with Crippen LogP contribution in [0.2, 0.25) is 0 Å². The van der Waals surface area contributed by atoms with Gasteiger partial charge in [-0.25, -0.2) is 4.79 Å². The molecule has 0 radical (unpaired) electrons. The van der Waals surface area contributed by atoms with Crippen LogP contribution in [-0.4, -0.2) is 66.8 Å². The number of ether oxygens (including phenoxy) is 2. The number of hydrogen-bond acceptors (Lipinski definition) is 5. The van der Waals surface area contributed by atoms with Gasteiger partial charge < -0.3 is 19.7 Å². The maximum atomic E-state index is 10.6. The predicted octanol–water partition coefficient (Wildman–Crippen LogP) is 2.67. The molecule has 0 spiro atoms. The summed E-state index contributed by atoms with van der Waals surface area (Å²) >= 11 is 0. The van der Waals surface area contributed by atoms with Gasteiger partial charge in [-0.05, 0) is 17.0 Å². The number of carboxylic acid groups (broad SMARTS) is 1. The average Bonchev–Trinajstić information content (AvgIpc) is 2.63. The van der Waals surface area contributed by atoms with Crippen molar-refractivity contribution in [1.29, 1.82) is 0 Å². The molecule has 0 atom stereocenters. The van der Waals surface area contributed by atoms with Crippen LogP contribution in [0, 0.1) is 0 Å². The fraction of sp³-hybridized carbons (Fsp3) is 0.421. The highest BCUT2D eigenvalue weighted by Crippen LogP contribution is 2.30. The molecule has 3 rings (SSSR count). The molecule has 6 nitrogen and oxygen atoms in total. The number of carboxylic acids is 1. The number of benzene rings is 2. The quantitative estimate of drug-likeness (QED) is 0.775. The van der Waals surface area contributed by atoms with Gasteiger partial charge in [-0.2, -0.15) is 13.2 Å². The average molecular weight is 401 g/mol. The Kier molecular flexibility index (Phi) is 7.61. The Hall–Kier alpha value is -2.36. The van der Waals surface area contributed by atoms with Gasteiger partial charge in [0.05, 0.1) is 26.4 Å². The second-order valence-electron chi connectivity index (χ2n) is 6.19. The van der Waals surface area contributed by atoms with Crippen LogP contribution >= 0.6 is 0 Å².